The van der Waals surface area contributed by atoms with E-state index in [4.69, 9.17) is 0 Å². The minimum atomic E-state index is -8.20. The molecule has 0 spiro atoms. The molecule has 0 bridgehead atoms. The van der Waals surface area contributed by atoms with Gasteiger partial charge >= 0.3 is 47.4 Å². The van der Waals surface area contributed by atoms with Crippen molar-refractivity contribution in [3.05, 3.63) is 12.8 Å². The first-order chi connectivity index (χ1) is 11.5. The maximum absolute atomic E-state index is 13.2. The van der Waals surface area contributed by atoms with Crippen LogP contribution in [0.4, 0.5) is 61.5 Å². The van der Waals surface area contributed by atoms with Crippen molar-refractivity contribution in [1.82, 2.24) is 0 Å². The van der Waals surface area contributed by atoms with E-state index in [1.165, 1.54) is 0 Å². The van der Waals surface area contributed by atoms with E-state index in [1.54, 1.807) is 0 Å². The van der Waals surface area contributed by atoms with E-state index >= 15 is 0 Å². The molecule has 27 heavy (non-hydrogen) atoms. The van der Waals surface area contributed by atoms with Gasteiger partial charge in [0.2, 0.25) is 0 Å². The van der Waals surface area contributed by atoms with Crippen LogP contribution in [0.15, 0.2) is 12.8 Å². The van der Waals surface area contributed by atoms with Crippen molar-refractivity contribution in [2.45, 2.75) is 48.4 Å². The molecule has 0 radical (unpaired) electrons. The number of carbonyl (C=O) groups excluding carboxylic acids is 1. The third-order valence-electron chi connectivity index (χ3n) is 2.97. The normalized spacial score (nSPS) is 15.5. The molecular formula is C11H6F14O2. The topological polar surface area (TPSA) is 26.3 Å². The van der Waals surface area contributed by atoms with Crippen LogP contribution in [0.1, 0.15) is 6.92 Å². The third-order valence-corrected chi connectivity index (χ3v) is 2.97. The highest BCUT2D eigenvalue weighted by molar-refractivity contribution is 5.79. The molecule has 16 heteroatoms. The van der Waals surface area contributed by atoms with Crippen LogP contribution in [0, 0.1) is 0 Å². The molecule has 0 atom stereocenters. The summed E-state index contributed by atoms with van der Waals surface area (Å²) in [7, 11) is 0. The highest BCUT2D eigenvalue weighted by Gasteiger charge is 2.93. The molecule has 0 aliphatic carbocycles. The van der Waals surface area contributed by atoms with Crippen LogP contribution < -0.4 is 0 Å². The number of hydrogen-bond acceptors (Lipinski definition) is 2. The quantitative estimate of drug-likeness (QED) is 0.299. The Balaban J connectivity index is 6.55. The smallest absolute Gasteiger partial charge is 0.411 e. The summed E-state index contributed by atoms with van der Waals surface area (Å²) in [5, 5.41) is 0. The Bertz CT molecular complexity index is 588. The SMILES string of the molecule is C=COC(=O)C(F)(F)C(F)(F)C(F)(F)C(F)(F)C(F)(F)C(F)(F)C(C)(F)F. The predicted molar refractivity (Wildman–Crippen MR) is 56.6 cm³/mol. The summed E-state index contributed by atoms with van der Waals surface area (Å²) in [6.07, 6.45) is -0.372. The lowest BCUT2D eigenvalue weighted by molar-refractivity contribution is -0.437. The van der Waals surface area contributed by atoms with Crippen molar-refractivity contribution >= 4 is 5.97 Å². The minimum absolute atomic E-state index is 0.372. The maximum Gasteiger partial charge on any atom is 0.411 e. The van der Waals surface area contributed by atoms with Crippen LogP contribution >= 0.6 is 0 Å². The van der Waals surface area contributed by atoms with E-state index in [1.807, 2.05) is 0 Å². The van der Waals surface area contributed by atoms with Crippen LogP contribution in [0.5, 0.6) is 0 Å². The first-order valence-corrected chi connectivity index (χ1v) is 5.95. The molecule has 0 saturated heterocycles. The number of ether oxygens (including phenoxy) is 1. The Morgan fingerprint density at radius 3 is 1.26 bits per heavy atom. The van der Waals surface area contributed by atoms with Gasteiger partial charge in [-0.25, -0.2) is 4.79 Å². The summed E-state index contributed by atoms with van der Waals surface area (Å²) >= 11 is 0. The molecule has 0 aliphatic heterocycles. The number of esters is 1. The van der Waals surface area contributed by atoms with Gasteiger partial charge in [-0.15, -0.1) is 0 Å². The van der Waals surface area contributed by atoms with Gasteiger partial charge in [-0.2, -0.15) is 61.5 Å². The standard InChI is InChI=1S/C11H6F14O2/c1-3-27-4(26)6(14,15)8(18,19)10(22,23)11(24,25)9(20,21)7(16,17)5(2,12)13/h3H,1H2,2H3. The van der Waals surface area contributed by atoms with Crippen LogP contribution in [0.3, 0.4) is 0 Å². The molecule has 0 heterocycles. The molecule has 160 valence electrons. The Hall–Kier alpha value is -1.77. The Morgan fingerprint density at radius 1 is 0.667 bits per heavy atom. The number of hydrogen-bond donors (Lipinski definition) is 0. The summed E-state index contributed by atoms with van der Waals surface area (Å²) in [6.45, 7) is 1.20. The lowest BCUT2D eigenvalue weighted by atomic mass is 9.89. The molecule has 0 rings (SSSR count). The van der Waals surface area contributed by atoms with Gasteiger partial charge in [0.05, 0.1) is 6.26 Å². The molecule has 0 N–H and O–H groups in total. The van der Waals surface area contributed by atoms with Crippen molar-refractivity contribution in [2.24, 2.45) is 0 Å². The van der Waals surface area contributed by atoms with Crippen LogP contribution in [0.25, 0.3) is 0 Å². The second-order valence-electron chi connectivity index (χ2n) is 4.91. The highest BCUT2D eigenvalue weighted by atomic mass is 19.4. The first kappa shape index (κ1) is 25.2. The number of halogens is 14. The zero-order valence-corrected chi connectivity index (χ0v) is 12.4. The lowest BCUT2D eigenvalue weighted by Gasteiger charge is -2.41. The minimum Gasteiger partial charge on any atom is -0.431 e. The summed E-state index contributed by atoms with van der Waals surface area (Å²) in [5.41, 5.74) is 0. The van der Waals surface area contributed by atoms with Gasteiger partial charge in [0.1, 0.15) is 0 Å². The van der Waals surface area contributed by atoms with Gasteiger partial charge in [0.25, 0.3) is 0 Å². The van der Waals surface area contributed by atoms with E-state index in [0.717, 1.165) is 0 Å². The second kappa shape index (κ2) is 6.39. The van der Waals surface area contributed by atoms with Gasteiger partial charge in [0.15, 0.2) is 0 Å². The third kappa shape index (κ3) is 3.19. The van der Waals surface area contributed by atoms with Crippen molar-refractivity contribution < 1.29 is 71.0 Å². The fourth-order valence-electron chi connectivity index (χ4n) is 1.34. The molecule has 0 fully saturated rings. The fourth-order valence-corrected chi connectivity index (χ4v) is 1.34. The van der Waals surface area contributed by atoms with Crippen LogP contribution in [-0.2, 0) is 9.53 Å². The van der Waals surface area contributed by atoms with E-state index in [-0.39, 0.29) is 6.26 Å². The monoisotopic (exact) mass is 436 g/mol. The van der Waals surface area contributed by atoms with E-state index in [2.05, 4.69) is 11.3 Å². The van der Waals surface area contributed by atoms with Gasteiger partial charge in [0, 0.05) is 6.92 Å². The highest BCUT2D eigenvalue weighted by Crippen LogP contribution is 2.62. The van der Waals surface area contributed by atoms with Crippen molar-refractivity contribution in [3.8, 4) is 0 Å². The van der Waals surface area contributed by atoms with Crippen LogP contribution in [0.2, 0.25) is 0 Å². The average Bonchev–Trinajstić information content (AvgIpc) is 2.45. The summed E-state index contributed by atoms with van der Waals surface area (Å²) in [5.74, 6) is -56.4. The maximum atomic E-state index is 13.2. The first-order valence-electron chi connectivity index (χ1n) is 5.95. The largest absolute Gasteiger partial charge is 0.431 e. The Labute approximate surface area is 139 Å². The van der Waals surface area contributed by atoms with Crippen molar-refractivity contribution in [1.29, 1.82) is 0 Å². The number of carbonyl (C=O) groups is 1. The molecule has 0 unspecified atom stereocenters. The summed E-state index contributed by atoms with van der Waals surface area (Å²) in [4.78, 5) is 10.5. The Morgan fingerprint density at radius 2 is 0.963 bits per heavy atom. The predicted octanol–water partition coefficient (Wildman–Crippen LogP) is 5.14. The van der Waals surface area contributed by atoms with E-state index in [0.29, 0.717) is 0 Å². The molecular weight excluding hydrogens is 430 g/mol. The molecule has 0 saturated carbocycles. The van der Waals surface area contributed by atoms with Gasteiger partial charge in [-0.3, -0.25) is 0 Å². The summed E-state index contributed by atoms with van der Waals surface area (Å²) < 4.78 is 185. The zero-order chi connectivity index (χ0) is 22.5. The Kier molecular flexibility index (Phi) is 5.97. The van der Waals surface area contributed by atoms with E-state index in [9.17, 15) is 66.3 Å². The molecule has 0 aromatic carbocycles. The van der Waals surface area contributed by atoms with Crippen molar-refractivity contribution in [3.63, 3.8) is 0 Å². The molecule has 2 nitrogen and oxygen atoms in total. The van der Waals surface area contributed by atoms with Crippen LogP contribution in [-0.4, -0.2) is 47.4 Å². The molecule has 0 amide bonds. The van der Waals surface area contributed by atoms with E-state index < -0.39 is 54.4 Å². The zero-order valence-electron chi connectivity index (χ0n) is 12.4. The molecule has 0 aromatic heterocycles. The van der Waals surface area contributed by atoms with Gasteiger partial charge in [-0.1, -0.05) is 6.58 Å². The van der Waals surface area contributed by atoms with Gasteiger partial charge in [-0.05, 0) is 0 Å². The van der Waals surface area contributed by atoms with Gasteiger partial charge < -0.3 is 4.74 Å². The number of alkyl halides is 14. The fraction of sp³-hybridized carbons (Fsp3) is 0.727. The average molecular weight is 436 g/mol. The summed E-state index contributed by atoms with van der Waals surface area (Å²) in [6, 6.07) is 0. The lowest BCUT2D eigenvalue weighted by Crippen LogP contribution is -2.73. The molecule has 0 aromatic rings. The number of rotatable bonds is 8. The van der Waals surface area contributed by atoms with Crippen molar-refractivity contribution in [2.75, 3.05) is 0 Å². The second-order valence-corrected chi connectivity index (χ2v) is 4.91. The molecule has 0 aliphatic rings.